The summed E-state index contributed by atoms with van der Waals surface area (Å²) in [4.78, 5) is 6.88. The third-order valence-electron chi connectivity index (χ3n) is 0.987. The second-order valence-electron chi connectivity index (χ2n) is 2.05. The van der Waals surface area contributed by atoms with Crippen LogP contribution in [0.25, 0.3) is 0 Å². The molecule has 0 saturated carbocycles. The van der Waals surface area contributed by atoms with E-state index in [0.29, 0.717) is 0 Å². The van der Waals surface area contributed by atoms with Gasteiger partial charge in [-0.25, -0.2) is 9.97 Å². The Morgan fingerprint density at radius 2 is 1.92 bits per heavy atom. The third kappa shape index (κ3) is 2.30. The number of aliphatic hydroxyl groups is 1. The van der Waals surface area contributed by atoms with Crippen LogP contribution in [0.15, 0.2) is 6.07 Å². The summed E-state index contributed by atoms with van der Waals surface area (Å²) in [7, 11) is 0. The molecule has 1 aromatic heterocycles. The number of nitrogens with zero attached hydrogens (tertiary/aromatic N) is 2. The average molecular weight is 213 g/mol. The van der Waals surface area contributed by atoms with Gasteiger partial charge in [0.15, 0.2) is 5.82 Å². The third-order valence-corrected chi connectivity index (χ3v) is 1.37. The quantitative estimate of drug-likeness (QED) is 0.725. The Kier molecular flexibility index (Phi) is 1.11. The van der Waals surface area contributed by atoms with E-state index in [1.807, 2.05) is 0 Å². The van der Waals surface area contributed by atoms with Gasteiger partial charge in [-0.2, -0.15) is 0 Å². The molecule has 5 heteroatoms. The molecule has 0 fully saturated rings. The molecular weight excluding hydrogens is 199 g/mol. The molecule has 0 amide bonds. The maximum absolute atomic E-state index is 10.0. The van der Waals surface area contributed by atoms with Crippen molar-refractivity contribution in [3.05, 3.63) is 22.2 Å². The van der Waals surface area contributed by atoms with E-state index in [1.54, 1.807) is 0 Å². The molecule has 1 rings (SSSR count). The van der Waals surface area contributed by atoms with Crippen LogP contribution < -0.4 is 0 Å². The van der Waals surface area contributed by atoms with Crippen molar-refractivity contribution in [3.8, 4) is 0 Å². The predicted octanol–water partition coefficient (Wildman–Crippen LogP) is 2.01. The molecule has 0 radical (unpaired) electrons. The van der Waals surface area contributed by atoms with Crippen LogP contribution in [0, 0.1) is 0 Å². The van der Waals surface area contributed by atoms with E-state index in [2.05, 4.69) is 9.97 Å². The molecule has 0 aromatic carbocycles. The summed E-state index contributed by atoms with van der Waals surface area (Å²) in [6.45, 7) is -6.54. The smallest absolute Gasteiger partial charge is 0.162 e. The molecule has 0 saturated heterocycles. The molecule has 0 spiro atoms. The second kappa shape index (κ2) is 3.17. The summed E-state index contributed by atoms with van der Waals surface area (Å²) in [5, 5.41) is 9.50. The van der Waals surface area contributed by atoms with Crippen molar-refractivity contribution in [1.82, 2.24) is 9.97 Å². The van der Waals surface area contributed by atoms with Gasteiger partial charge in [0.25, 0.3) is 0 Å². The summed E-state index contributed by atoms with van der Waals surface area (Å²) in [6.07, 6.45) is 0. The van der Waals surface area contributed by atoms with E-state index >= 15 is 0 Å². The Hall–Kier alpha value is -0.380. The summed E-state index contributed by atoms with van der Waals surface area (Å²) < 4.78 is 43.1. The highest BCUT2D eigenvalue weighted by atomic mass is 35.5. The zero-order valence-corrected chi connectivity index (χ0v) is 7.19. The van der Waals surface area contributed by atoms with Gasteiger partial charge in [0, 0.05) is 14.3 Å². The summed E-state index contributed by atoms with van der Waals surface area (Å²) in [5.74, 6) is -0.861. The molecule has 12 heavy (non-hydrogen) atoms. The molecular formula is C7H8Cl2N2O. The zero-order valence-electron chi connectivity index (χ0n) is 11.7. The minimum absolute atomic E-state index is 0.267. The Balaban J connectivity index is 3.55. The molecule has 0 atom stereocenters. The van der Waals surface area contributed by atoms with Crippen molar-refractivity contribution in [3.63, 3.8) is 0 Å². The summed E-state index contributed by atoms with van der Waals surface area (Å²) in [5.41, 5.74) is -3.24. The summed E-state index contributed by atoms with van der Waals surface area (Å²) >= 11 is 11.1. The fraction of sp³-hybridized carbons (Fsp3) is 0.429. The van der Waals surface area contributed by atoms with E-state index in [-0.39, 0.29) is 10.3 Å². The van der Waals surface area contributed by atoms with Crippen molar-refractivity contribution in [2.24, 2.45) is 0 Å². The topological polar surface area (TPSA) is 46.0 Å². The molecule has 1 heterocycles. The highest BCUT2D eigenvalue weighted by Gasteiger charge is 2.20. The Labute approximate surface area is 88.8 Å². The van der Waals surface area contributed by atoms with Gasteiger partial charge < -0.3 is 5.11 Å². The van der Waals surface area contributed by atoms with Gasteiger partial charge in [0.2, 0.25) is 0 Å². The molecule has 1 N–H and O–H groups in total. The van der Waals surface area contributed by atoms with Crippen LogP contribution in [0.3, 0.4) is 0 Å². The number of hydrogen-bond acceptors (Lipinski definition) is 3. The lowest BCUT2D eigenvalue weighted by molar-refractivity contribution is 0.0687. The number of aromatic nitrogens is 2. The normalized spacial score (nSPS) is 21.2. The van der Waals surface area contributed by atoms with Crippen LogP contribution in [-0.4, -0.2) is 15.1 Å². The fourth-order valence-corrected chi connectivity index (χ4v) is 0.975. The van der Waals surface area contributed by atoms with Gasteiger partial charge in [-0.1, -0.05) is 23.2 Å². The number of hydrogen-bond donors (Lipinski definition) is 1. The first-order valence-corrected chi connectivity index (χ1v) is 3.58. The van der Waals surface area contributed by atoms with Crippen LogP contribution in [0.2, 0.25) is 10.3 Å². The van der Waals surface area contributed by atoms with Crippen LogP contribution >= 0.6 is 23.2 Å². The first-order valence-electron chi connectivity index (χ1n) is 5.82. The molecule has 0 bridgehead atoms. The second-order valence-corrected chi connectivity index (χ2v) is 2.82. The van der Waals surface area contributed by atoms with Crippen LogP contribution in [0.1, 0.15) is 27.8 Å². The number of halogens is 2. The van der Waals surface area contributed by atoms with Gasteiger partial charge in [-0.3, -0.25) is 0 Å². The molecule has 1 aromatic rings. The van der Waals surface area contributed by atoms with E-state index in [0.717, 1.165) is 6.07 Å². The first-order chi connectivity index (χ1) is 7.89. The van der Waals surface area contributed by atoms with Crippen molar-refractivity contribution in [2.45, 2.75) is 19.3 Å². The van der Waals surface area contributed by atoms with E-state index in [1.165, 1.54) is 0 Å². The maximum Gasteiger partial charge on any atom is 0.162 e. The Bertz CT molecular complexity index is 426. The van der Waals surface area contributed by atoms with Gasteiger partial charge in [-0.05, 0) is 13.7 Å². The van der Waals surface area contributed by atoms with Crippen LogP contribution in [-0.2, 0) is 5.60 Å². The first kappa shape index (κ1) is 4.22. The standard InChI is InChI=1S/C7H8Cl2N2O/c1-7(2,12)6-10-4(8)3-5(9)11-6/h3,12H,1-2H3/i1D3,2D3. The van der Waals surface area contributed by atoms with Crippen molar-refractivity contribution >= 4 is 23.2 Å². The zero-order chi connectivity index (χ0) is 14.4. The van der Waals surface area contributed by atoms with E-state index < -0.39 is 25.1 Å². The molecule has 0 aliphatic carbocycles. The predicted molar refractivity (Wildman–Crippen MR) is 47.3 cm³/mol. The van der Waals surface area contributed by atoms with Crippen LogP contribution in [0.4, 0.5) is 0 Å². The van der Waals surface area contributed by atoms with Crippen molar-refractivity contribution in [2.75, 3.05) is 0 Å². The number of rotatable bonds is 1. The summed E-state index contributed by atoms with van der Waals surface area (Å²) in [6, 6.07) is 1.09. The lowest BCUT2D eigenvalue weighted by atomic mass is 10.1. The average Bonchev–Trinajstić information content (AvgIpc) is 2.11. The lowest BCUT2D eigenvalue weighted by Gasteiger charge is -2.14. The lowest BCUT2D eigenvalue weighted by Crippen LogP contribution is -2.19. The van der Waals surface area contributed by atoms with Gasteiger partial charge >= 0.3 is 0 Å². The SMILES string of the molecule is [2H]C([2H])([2H])C(O)(c1nc(Cl)cc(Cl)n1)C([2H])([2H])[2H]. The molecule has 0 aliphatic heterocycles. The molecule has 0 unspecified atom stereocenters. The van der Waals surface area contributed by atoms with E-state index in [9.17, 15) is 5.11 Å². The Morgan fingerprint density at radius 1 is 1.42 bits per heavy atom. The minimum atomic E-state index is -3.27. The minimum Gasteiger partial charge on any atom is -0.382 e. The van der Waals surface area contributed by atoms with Crippen molar-refractivity contribution < 1.29 is 13.3 Å². The van der Waals surface area contributed by atoms with E-state index in [4.69, 9.17) is 31.4 Å². The van der Waals surface area contributed by atoms with Crippen molar-refractivity contribution in [1.29, 1.82) is 0 Å². The van der Waals surface area contributed by atoms with Gasteiger partial charge in [0.05, 0.1) is 0 Å². The highest BCUT2D eigenvalue weighted by Crippen LogP contribution is 2.19. The fourth-order valence-electron chi connectivity index (χ4n) is 0.552. The highest BCUT2D eigenvalue weighted by molar-refractivity contribution is 6.33. The monoisotopic (exact) mass is 212 g/mol. The maximum atomic E-state index is 10.0. The Morgan fingerprint density at radius 3 is 2.33 bits per heavy atom. The van der Waals surface area contributed by atoms with Gasteiger partial charge in [-0.15, -0.1) is 0 Å². The van der Waals surface area contributed by atoms with Crippen LogP contribution in [0.5, 0.6) is 0 Å². The van der Waals surface area contributed by atoms with Gasteiger partial charge in [0.1, 0.15) is 15.9 Å². The molecule has 0 aliphatic rings. The molecule has 3 nitrogen and oxygen atoms in total. The molecule has 66 valence electrons. The largest absolute Gasteiger partial charge is 0.382 e.